The van der Waals surface area contributed by atoms with Crippen molar-refractivity contribution in [2.75, 3.05) is 40.0 Å². The zero-order chi connectivity index (χ0) is 36.5. The predicted molar refractivity (Wildman–Crippen MR) is 222 cm³/mol. The van der Waals surface area contributed by atoms with Gasteiger partial charge in [-0.2, -0.15) is 0 Å². The Labute approximate surface area is 312 Å². The normalized spacial score (nSPS) is 11.8. The number of carbonyl (C=O) groups excluding carboxylic acids is 1. The molecule has 0 unspecified atom stereocenters. The van der Waals surface area contributed by atoms with Crippen molar-refractivity contribution >= 4 is 51.3 Å². The Morgan fingerprint density at radius 2 is 0.865 bits per heavy atom. The van der Waals surface area contributed by atoms with E-state index in [9.17, 15) is 0 Å². The quantitative estimate of drug-likeness (QED) is 0.105. The van der Waals surface area contributed by atoms with Gasteiger partial charge < -0.3 is 9.80 Å². The molecule has 0 atom stereocenters. The van der Waals surface area contributed by atoms with Gasteiger partial charge in [-0.05, 0) is 92.9 Å². The van der Waals surface area contributed by atoms with Crippen LogP contribution in [0.4, 0.5) is 28.4 Å². The molecule has 0 aliphatic heterocycles. The first kappa shape index (κ1) is 35.8. The first-order valence-corrected chi connectivity index (χ1v) is 18.4. The number of amides is 1. The second-order valence-corrected chi connectivity index (χ2v) is 13.2. The van der Waals surface area contributed by atoms with Gasteiger partial charge in [0.2, 0.25) is 0 Å². The number of benzene rings is 6. The number of aliphatic imine (C=N–C) groups is 1. The monoisotopic (exact) mass is 701 g/mol. The lowest BCUT2D eigenvalue weighted by molar-refractivity contribution is 0.0994. The molecule has 7 heteroatoms. The lowest BCUT2D eigenvalue weighted by Crippen LogP contribution is -2.47. The Hall–Kier alpha value is -6.05. The van der Waals surface area contributed by atoms with Crippen LogP contribution in [0.1, 0.15) is 21.5 Å². The van der Waals surface area contributed by atoms with Crippen LogP contribution in [0.2, 0.25) is 0 Å². The van der Waals surface area contributed by atoms with Crippen LogP contribution >= 0.6 is 11.8 Å². The Balaban J connectivity index is 1.79. The highest BCUT2D eigenvalue weighted by Crippen LogP contribution is 2.37. The van der Waals surface area contributed by atoms with Crippen molar-refractivity contribution in [2.24, 2.45) is 4.99 Å². The maximum atomic E-state index is 15.2. The topological polar surface area (TPSA) is 42.4 Å². The second-order valence-electron chi connectivity index (χ2n) is 12.4. The Morgan fingerprint density at radius 3 is 1.31 bits per heavy atom. The van der Waals surface area contributed by atoms with E-state index in [-0.39, 0.29) is 5.91 Å². The molecule has 0 N–H and O–H groups in total. The van der Waals surface area contributed by atoms with Gasteiger partial charge in [-0.25, -0.2) is 4.99 Å². The van der Waals surface area contributed by atoms with E-state index in [2.05, 4.69) is 77.1 Å². The van der Waals surface area contributed by atoms with E-state index >= 15 is 4.79 Å². The number of nitrogens with zero attached hydrogens (tertiary/aromatic N) is 5. The molecule has 6 aromatic carbocycles. The number of para-hydroxylation sites is 3. The zero-order valence-corrected chi connectivity index (χ0v) is 31.0. The molecule has 0 bridgehead atoms. The van der Waals surface area contributed by atoms with Crippen LogP contribution in [-0.2, 0) is 0 Å². The molecule has 1 amide bonds. The third kappa shape index (κ3) is 8.12. The number of rotatable bonds is 10. The molecule has 6 rings (SSSR count). The fourth-order valence-electron chi connectivity index (χ4n) is 5.90. The molecule has 52 heavy (non-hydrogen) atoms. The lowest BCUT2D eigenvalue weighted by atomic mass is 10.1. The van der Waals surface area contributed by atoms with Crippen LogP contribution in [0.5, 0.6) is 0 Å². The van der Waals surface area contributed by atoms with Crippen LogP contribution in [0.25, 0.3) is 0 Å². The maximum absolute atomic E-state index is 15.2. The van der Waals surface area contributed by atoms with Gasteiger partial charge in [-0.15, -0.1) is 0 Å². The Morgan fingerprint density at radius 1 is 0.481 bits per heavy atom. The van der Waals surface area contributed by atoms with E-state index in [0.717, 1.165) is 50.6 Å². The summed E-state index contributed by atoms with van der Waals surface area (Å²) in [4.78, 5) is 28.7. The summed E-state index contributed by atoms with van der Waals surface area (Å²) in [5.74, 6) is 1.18. The summed E-state index contributed by atoms with van der Waals surface area (Å²) in [7, 11) is 4.06. The van der Waals surface area contributed by atoms with Crippen molar-refractivity contribution in [3.05, 3.63) is 198 Å². The summed E-state index contributed by atoms with van der Waals surface area (Å²) >= 11 is 1.55. The van der Waals surface area contributed by atoms with Crippen LogP contribution in [0.3, 0.4) is 0 Å². The van der Waals surface area contributed by atoms with Crippen LogP contribution < -0.4 is 19.6 Å². The van der Waals surface area contributed by atoms with E-state index in [1.165, 1.54) is 0 Å². The van der Waals surface area contributed by atoms with E-state index < -0.39 is 0 Å². The van der Waals surface area contributed by atoms with Crippen LogP contribution in [0, 0.1) is 13.8 Å². The van der Waals surface area contributed by atoms with E-state index in [1.807, 2.05) is 147 Å². The van der Waals surface area contributed by atoms with Gasteiger partial charge in [0.1, 0.15) is 0 Å². The fourth-order valence-corrected chi connectivity index (χ4v) is 6.48. The van der Waals surface area contributed by atoms with Gasteiger partial charge >= 0.3 is 0 Å². The highest BCUT2D eigenvalue weighted by atomic mass is 32.2. The molecule has 6 aromatic rings. The fraction of sp³-hybridized carbons (Fsp3) is 0.111. The minimum Gasteiger partial charge on any atom is -0.327 e. The average Bonchev–Trinajstić information content (AvgIpc) is 3.20. The summed E-state index contributed by atoms with van der Waals surface area (Å²) in [5, 5.41) is 0.725. The number of hydrogen-bond acceptors (Lipinski definition) is 5. The molecular formula is C45H43N5OS. The number of anilines is 4. The van der Waals surface area contributed by atoms with E-state index in [4.69, 9.17) is 4.99 Å². The number of aryl methyl sites for hydroxylation is 2. The number of thioether (sulfide) groups is 1. The Bertz CT molecular complexity index is 2120. The van der Waals surface area contributed by atoms with Gasteiger partial charge in [0.25, 0.3) is 5.91 Å². The third-order valence-corrected chi connectivity index (χ3v) is 9.35. The Kier molecular flexibility index (Phi) is 11.5. The highest BCUT2D eigenvalue weighted by molar-refractivity contribution is 8.13. The van der Waals surface area contributed by atoms with Crippen LogP contribution in [0.15, 0.2) is 186 Å². The standard InChI is InChI=1S/C45H43N5OS/c1-34-26-30-40(31-27-34)49(44(51)36-18-10-6-11-19-36)42(47(3)38-22-14-8-15-23-38)43(48(4)39-24-16-9-17-25-39)50(41-32-28-35(2)29-33-41)45(52-5)46-37-20-12-7-13-21-37/h6-33H,1-5H3/b43-42-,46-45?. The van der Waals surface area contributed by atoms with Crippen molar-refractivity contribution in [1.29, 1.82) is 0 Å². The molecule has 0 heterocycles. The molecule has 6 nitrogen and oxygen atoms in total. The molecule has 0 fully saturated rings. The number of carbonyl (C=O) groups is 1. The smallest absolute Gasteiger partial charge is 0.264 e. The van der Waals surface area contributed by atoms with Gasteiger partial charge in [-0.3, -0.25) is 14.6 Å². The summed E-state index contributed by atoms with van der Waals surface area (Å²) in [6.07, 6.45) is 2.04. The van der Waals surface area contributed by atoms with Crippen molar-refractivity contribution in [2.45, 2.75) is 13.8 Å². The van der Waals surface area contributed by atoms with Gasteiger partial charge in [0.05, 0.1) is 11.4 Å². The van der Waals surface area contributed by atoms with Gasteiger partial charge in [0.15, 0.2) is 16.8 Å². The first-order chi connectivity index (χ1) is 25.4. The van der Waals surface area contributed by atoms with Crippen molar-refractivity contribution in [1.82, 2.24) is 0 Å². The highest BCUT2D eigenvalue weighted by Gasteiger charge is 2.35. The van der Waals surface area contributed by atoms with E-state index in [1.54, 1.807) is 11.8 Å². The molecule has 0 radical (unpaired) electrons. The average molecular weight is 702 g/mol. The van der Waals surface area contributed by atoms with E-state index in [0.29, 0.717) is 11.4 Å². The maximum Gasteiger partial charge on any atom is 0.264 e. The molecule has 0 saturated heterocycles. The SMILES string of the molecule is CSC(=Nc1ccccc1)N(/C(=C(/N(C)c1ccccc1)N(C(=O)c1ccccc1)c1ccc(C)cc1)N(C)c1ccccc1)c1ccc(C)cc1. The van der Waals surface area contributed by atoms with Gasteiger partial charge in [0, 0.05) is 36.7 Å². The lowest BCUT2D eigenvalue weighted by Gasteiger charge is -2.41. The minimum absolute atomic E-state index is 0.171. The van der Waals surface area contributed by atoms with Crippen molar-refractivity contribution < 1.29 is 4.79 Å². The molecule has 0 spiro atoms. The van der Waals surface area contributed by atoms with Crippen LogP contribution in [-0.4, -0.2) is 31.4 Å². The zero-order valence-electron chi connectivity index (χ0n) is 30.2. The number of hydrogen-bond donors (Lipinski definition) is 0. The first-order valence-electron chi connectivity index (χ1n) is 17.2. The molecule has 0 aliphatic rings. The molecular weight excluding hydrogens is 659 g/mol. The van der Waals surface area contributed by atoms with Crippen molar-refractivity contribution in [3.8, 4) is 0 Å². The summed E-state index contributed by atoms with van der Waals surface area (Å²) < 4.78 is 0. The summed E-state index contributed by atoms with van der Waals surface area (Å²) in [5.41, 5.74) is 7.08. The predicted octanol–water partition coefficient (Wildman–Crippen LogP) is 10.9. The van der Waals surface area contributed by atoms with Gasteiger partial charge in [-0.1, -0.05) is 120 Å². The summed E-state index contributed by atoms with van der Waals surface area (Å²) in [6.45, 7) is 4.14. The molecule has 260 valence electrons. The third-order valence-electron chi connectivity index (χ3n) is 8.71. The second kappa shape index (κ2) is 16.8. The minimum atomic E-state index is -0.171. The molecule has 0 aliphatic carbocycles. The molecule has 0 aromatic heterocycles. The molecule has 0 saturated carbocycles. The largest absolute Gasteiger partial charge is 0.327 e. The summed E-state index contributed by atoms with van der Waals surface area (Å²) in [6, 6.07) is 56.4. The van der Waals surface area contributed by atoms with Crippen molar-refractivity contribution in [3.63, 3.8) is 0 Å². The number of amidine groups is 1.